The molecule has 0 bridgehead atoms. The summed E-state index contributed by atoms with van der Waals surface area (Å²) in [5.74, 6) is -0.451. The van der Waals surface area contributed by atoms with E-state index in [1.807, 2.05) is 35.9 Å². The molecule has 0 saturated carbocycles. The van der Waals surface area contributed by atoms with Gasteiger partial charge in [-0.25, -0.2) is 0 Å². The van der Waals surface area contributed by atoms with Gasteiger partial charge < -0.3 is 4.57 Å². The summed E-state index contributed by atoms with van der Waals surface area (Å²) in [7, 11) is 1.89. The number of hydrazine groups is 1. The Hall–Kier alpha value is -2.30. The van der Waals surface area contributed by atoms with Gasteiger partial charge >= 0.3 is 0 Å². The Bertz CT molecular complexity index is 646. The predicted octanol–water partition coefficient (Wildman–Crippen LogP) is 2.52. The van der Waals surface area contributed by atoms with Crippen molar-refractivity contribution in [2.75, 3.05) is 0 Å². The van der Waals surface area contributed by atoms with Crippen LogP contribution in [-0.2, 0) is 11.8 Å². The molecule has 112 valence electrons. The van der Waals surface area contributed by atoms with Crippen LogP contribution in [0.25, 0.3) is 10.9 Å². The van der Waals surface area contributed by atoms with Crippen molar-refractivity contribution >= 4 is 22.7 Å². The van der Waals surface area contributed by atoms with Gasteiger partial charge in [0.25, 0.3) is 5.91 Å². The van der Waals surface area contributed by atoms with Gasteiger partial charge in [-0.05, 0) is 12.5 Å². The van der Waals surface area contributed by atoms with Crippen molar-refractivity contribution in [2.45, 2.75) is 32.6 Å². The molecule has 0 fully saturated rings. The monoisotopic (exact) mass is 287 g/mol. The third-order valence-electron chi connectivity index (χ3n) is 3.46. The SMILES string of the molecule is CCCCCC(=O)NNC(=O)c1cn(C)c2ccccc12. The minimum absolute atomic E-state index is 0.156. The number of benzene rings is 1. The van der Waals surface area contributed by atoms with E-state index in [0.29, 0.717) is 12.0 Å². The summed E-state index contributed by atoms with van der Waals surface area (Å²) < 4.78 is 1.90. The molecule has 1 aromatic carbocycles. The molecule has 0 saturated heterocycles. The lowest BCUT2D eigenvalue weighted by Crippen LogP contribution is -2.41. The van der Waals surface area contributed by atoms with E-state index in [1.54, 1.807) is 6.20 Å². The van der Waals surface area contributed by atoms with Crippen LogP contribution in [0.1, 0.15) is 43.0 Å². The van der Waals surface area contributed by atoms with Crippen molar-refractivity contribution in [2.24, 2.45) is 7.05 Å². The average Bonchev–Trinajstić information content (AvgIpc) is 2.83. The second-order valence-corrected chi connectivity index (χ2v) is 5.13. The molecule has 5 heteroatoms. The maximum absolute atomic E-state index is 12.2. The number of carbonyl (C=O) groups excluding carboxylic acids is 2. The fourth-order valence-corrected chi connectivity index (χ4v) is 2.31. The normalized spacial score (nSPS) is 10.6. The fourth-order valence-electron chi connectivity index (χ4n) is 2.31. The van der Waals surface area contributed by atoms with Crippen LogP contribution in [0.2, 0.25) is 0 Å². The summed E-state index contributed by atoms with van der Waals surface area (Å²) in [5, 5.41) is 0.873. The zero-order valence-corrected chi connectivity index (χ0v) is 12.5. The number of nitrogens with one attached hydrogen (secondary N) is 2. The third kappa shape index (κ3) is 3.62. The zero-order valence-electron chi connectivity index (χ0n) is 12.5. The number of unbranched alkanes of at least 4 members (excludes halogenated alkanes) is 2. The topological polar surface area (TPSA) is 63.1 Å². The molecule has 0 spiro atoms. The summed E-state index contributed by atoms with van der Waals surface area (Å²) in [6, 6.07) is 7.67. The Morgan fingerprint density at radius 1 is 1.14 bits per heavy atom. The van der Waals surface area contributed by atoms with Gasteiger partial charge in [-0.1, -0.05) is 38.0 Å². The molecule has 1 aromatic heterocycles. The van der Waals surface area contributed by atoms with Crippen LogP contribution in [0.5, 0.6) is 0 Å². The summed E-state index contributed by atoms with van der Waals surface area (Å²) in [5.41, 5.74) is 6.49. The van der Waals surface area contributed by atoms with Crippen LogP contribution in [-0.4, -0.2) is 16.4 Å². The summed E-state index contributed by atoms with van der Waals surface area (Å²) in [6.45, 7) is 2.08. The van der Waals surface area contributed by atoms with Crippen molar-refractivity contribution in [3.8, 4) is 0 Å². The molecule has 2 amide bonds. The highest BCUT2D eigenvalue weighted by Gasteiger charge is 2.13. The molecule has 0 unspecified atom stereocenters. The maximum Gasteiger partial charge on any atom is 0.271 e. The van der Waals surface area contributed by atoms with Crippen LogP contribution in [0.15, 0.2) is 30.5 Å². The van der Waals surface area contributed by atoms with E-state index in [-0.39, 0.29) is 11.8 Å². The number of hydrogen-bond donors (Lipinski definition) is 2. The third-order valence-corrected chi connectivity index (χ3v) is 3.46. The summed E-state index contributed by atoms with van der Waals surface area (Å²) in [6.07, 6.45) is 5.12. The summed E-state index contributed by atoms with van der Waals surface area (Å²) in [4.78, 5) is 23.8. The van der Waals surface area contributed by atoms with E-state index in [0.717, 1.165) is 30.2 Å². The van der Waals surface area contributed by atoms with E-state index in [2.05, 4.69) is 17.8 Å². The Morgan fingerprint density at radius 3 is 2.67 bits per heavy atom. The van der Waals surface area contributed by atoms with Crippen LogP contribution < -0.4 is 10.9 Å². The Balaban J connectivity index is 1.98. The number of aromatic nitrogens is 1. The molecule has 21 heavy (non-hydrogen) atoms. The van der Waals surface area contributed by atoms with Gasteiger partial charge in [0, 0.05) is 30.6 Å². The number of carbonyl (C=O) groups is 2. The second kappa shape index (κ2) is 6.92. The maximum atomic E-state index is 12.2. The van der Waals surface area contributed by atoms with Gasteiger partial charge in [0.1, 0.15) is 0 Å². The lowest BCUT2D eigenvalue weighted by Gasteiger charge is -2.06. The highest BCUT2D eigenvalue weighted by atomic mass is 16.2. The minimum atomic E-state index is -0.296. The molecular weight excluding hydrogens is 266 g/mol. The largest absolute Gasteiger partial charge is 0.350 e. The first kappa shape index (κ1) is 15.1. The van der Waals surface area contributed by atoms with Gasteiger partial charge in [-0.15, -0.1) is 0 Å². The first-order valence-corrected chi connectivity index (χ1v) is 7.26. The number of aryl methyl sites for hydroxylation is 1. The van der Waals surface area contributed by atoms with E-state index >= 15 is 0 Å². The van der Waals surface area contributed by atoms with Crippen LogP contribution in [0.3, 0.4) is 0 Å². The first-order chi connectivity index (χ1) is 10.1. The highest BCUT2D eigenvalue weighted by Crippen LogP contribution is 2.19. The lowest BCUT2D eigenvalue weighted by molar-refractivity contribution is -0.121. The number of hydrogen-bond acceptors (Lipinski definition) is 2. The molecule has 2 aromatic rings. The molecule has 5 nitrogen and oxygen atoms in total. The van der Waals surface area contributed by atoms with Crippen molar-refractivity contribution in [3.63, 3.8) is 0 Å². The predicted molar refractivity (Wildman–Crippen MR) is 82.7 cm³/mol. The van der Waals surface area contributed by atoms with Crippen LogP contribution in [0.4, 0.5) is 0 Å². The number of nitrogens with zero attached hydrogens (tertiary/aromatic N) is 1. The van der Waals surface area contributed by atoms with Gasteiger partial charge in [-0.3, -0.25) is 20.4 Å². The molecule has 0 aliphatic heterocycles. The van der Waals surface area contributed by atoms with Gasteiger partial charge in [0.05, 0.1) is 5.56 Å². The summed E-state index contributed by atoms with van der Waals surface area (Å²) >= 11 is 0. The minimum Gasteiger partial charge on any atom is -0.350 e. The lowest BCUT2D eigenvalue weighted by atomic mass is 10.2. The van der Waals surface area contributed by atoms with Crippen molar-refractivity contribution in [3.05, 3.63) is 36.0 Å². The Kier molecular flexibility index (Phi) is 4.98. The first-order valence-electron chi connectivity index (χ1n) is 7.26. The second-order valence-electron chi connectivity index (χ2n) is 5.13. The molecule has 1 heterocycles. The molecular formula is C16H21N3O2. The molecule has 2 N–H and O–H groups in total. The van der Waals surface area contributed by atoms with Gasteiger partial charge in [0.15, 0.2) is 0 Å². The Labute approximate surface area is 124 Å². The quantitative estimate of drug-likeness (QED) is 0.655. The standard InChI is InChI=1S/C16H21N3O2/c1-3-4-5-10-15(20)17-18-16(21)13-11-19(2)14-9-7-6-8-12(13)14/h6-9,11H,3-5,10H2,1-2H3,(H,17,20)(H,18,21). The Morgan fingerprint density at radius 2 is 1.90 bits per heavy atom. The smallest absolute Gasteiger partial charge is 0.271 e. The number of rotatable bonds is 5. The van der Waals surface area contributed by atoms with Crippen molar-refractivity contribution in [1.29, 1.82) is 0 Å². The number of fused-ring (bicyclic) bond motifs is 1. The van der Waals surface area contributed by atoms with E-state index < -0.39 is 0 Å². The van der Waals surface area contributed by atoms with E-state index in [4.69, 9.17) is 0 Å². The zero-order chi connectivity index (χ0) is 15.2. The molecule has 0 aliphatic rings. The van der Waals surface area contributed by atoms with Crippen LogP contribution >= 0.6 is 0 Å². The van der Waals surface area contributed by atoms with Crippen LogP contribution in [0, 0.1) is 0 Å². The highest BCUT2D eigenvalue weighted by molar-refractivity contribution is 6.07. The number of para-hydroxylation sites is 1. The molecule has 0 radical (unpaired) electrons. The van der Waals surface area contributed by atoms with E-state index in [9.17, 15) is 9.59 Å². The van der Waals surface area contributed by atoms with Crippen molar-refractivity contribution in [1.82, 2.24) is 15.4 Å². The van der Waals surface area contributed by atoms with E-state index in [1.165, 1.54) is 0 Å². The fraction of sp³-hybridized carbons (Fsp3) is 0.375. The average molecular weight is 287 g/mol. The molecule has 0 atom stereocenters. The molecule has 0 aliphatic carbocycles. The van der Waals surface area contributed by atoms with Gasteiger partial charge in [0.2, 0.25) is 5.91 Å². The molecule has 2 rings (SSSR count). The van der Waals surface area contributed by atoms with Gasteiger partial charge in [-0.2, -0.15) is 0 Å². The number of amides is 2. The van der Waals surface area contributed by atoms with Crippen molar-refractivity contribution < 1.29 is 9.59 Å².